The molecule has 7 heteroatoms. The van der Waals surface area contributed by atoms with Gasteiger partial charge in [-0.25, -0.2) is 4.39 Å². The molecule has 0 spiro atoms. The van der Waals surface area contributed by atoms with Crippen LogP contribution in [0, 0.1) is 11.7 Å². The fourth-order valence-electron chi connectivity index (χ4n) is 3.57. The second kappa shape index (κ2) is 8.65. The topological polar surface area (TPSA) is 78.5 Å². The Bertz CT molecular complexity index is 931. The van der Waals surface area contributed by atoms with E-state index in [1.165, 1.54) is 24.3 Å². The van der Waals surface area contributed by atoms with Crippen LogP contribution in [0.5, 0.6) is 0 Å². The zero-order valence-corrected chi connectivity index (χ0v) is 16.6. The van der Waals surface area contributed by atoms with Crippen molar-refractivity contribution in [3.63, 3.8) is 0 Å². The van der Waals surface area contributed by atoms with Crippen LogP contribution in [-0.2, 0) is 4.79 Å². The molecule has 0 bridgehead atoms. The summed E-state index contributed by atoms with van der Waals surface area (Å²) in [6.45, 7) is 1.10. The second-order valence-corrected chi connectivity index (χ2v) is 7.89. The van der Waals surface area contributed by atoms with E-state index in [9.17, 15) is 18.8 Å². The quantitative estimate of drug-likeness (QED) is 0.796. The van der Waals surface area contributed by atoms with Gasteiger partial charge < -0.3 is 15.5 Å². The molecule has 4 rings (SSSR count). The summed E-state index contributed by atoms with van der Waals surface area (Å²) in [6.07, 6.45) is 3.22. The molecule has 30 heavy (non-hydrogen) atoms. The second-order valence-electron chi connectivity index (χ2n) is 7.89. The first-order chi connectivity index (χ1) is 14.5. The molecular weight excluding hydrogens is 385 g/mol. The average Bonchev–Trinajstić information content (AvgIpc) is 3.60. The molecule has 0 unspecified atom stereocenters. The van der Waals surface area contributed by atoms with Crippen molar-refractivity contribution in [1.29, 1.82) is 0 Å². The van der Waals surface area contributed by atoms with Crippen LogP contribution in [-0.4, -0.2) is 41.8 Å². The van der Waals surface area contributed by atoms with Gasteiger partial charge in [0, 0.05) is 41.9 Å². The highest BCUT2D eigenvalue weighted by Gasteiger charge is 2.29. The maximum absolute atomic E-state index is 13.0. The fraction of sp³-hybridized carbons (Fsp3) is 0.348. The minimum absolute atomic E-state index is 0.0217. The first-order valence-electron chi connectivity index (χ1n) is 10.3. The Balaban J connectivity index is 1.27. The van der Waals surface area contributed by atoms with Gasteiger partial charge in [-0.2, -0.15) is 0 Å². The van der Waals surface area contributed by atoms with E-state index in [-0.39, 0.29) is 35.5 Å². The van der Waals surface area contributed by atoms with Crippen LogP contribution in [0.3, 0.4) is 0 Å². The van der Waals surface area contributed by atoms with Crippen molar-refractivity contribution < 1.29 is 18.8 Å². The Labute approximate surface area is 174 Å². The van der Waals surface area contributed by atoms with E-state index in [0.717, 1.165) is 12.8 Å². The first kappa shape index (κ1) is 20.1. The summed E-state index contributed by atoms with van der Waals surface area (Å²) in [7, 11) is 0. The molecule has 2 aliphatic rings. The molecule has 1 aliphatic heterocycles. The van der Waals surface area contributed by atoms with Gasteiger partial charge in [0.25, 0.3) is 11.8 Å². The smallest absolute Gasteiger partial charge is 0.253 e. The summed E-state index contributed by atoms with van der Waals surface area (Å²) in [6, 6.07) is 12.4. The van der Waals surface area contributed by atoms with E-state index in [2.05, 4.69) is 10.6 Å². The number of halogens is 1. The number of hydrogen-bond donors (Lipinski definition) is 2. The number of rotatable bonds is 5. The standard InChI is InChI=1S/C23H24FN3O3/c24-18-7-3-16(4-8-18)22(29)26-20-11-13-27(14-12-20)23(30)17-5-9-19(10-6-17)25-21(28)15-1-2-15/h3-10,15,20H,1-2,11-14H2,(H,25,28)(H,26,29). The van der Waals surface area contributed by atoms with Crippen molar-refractivity contribution >= 4 is 23.4 Å². The summed E-state index contributed by atoms with van der Waals surface area (Å²) in [5, 5.41) is 5.82. The zero-order chi connectivity index (χ0) is 21.1. The molecule has 0 aromatic heterocycles. The summed E-state index contributed by atoms with van der Waals surface area (Å²) < 4.78 is 13.0. The predicted octanol–water partition coefficient (Wildman–Crippen LogP) is 3.21. The van der Waals surface area contributed by atoms with Crippen molar-refractivity contribution in [2.24, 2.45) is 5.92 Å². The molecule has 1 saturated carbocycles. The maximum Gasteiger partial charge on any atom is 0.253 e. The Morgan fingerprint density at radius 2 is 1.43 bits per heavy atom. The number of amides is 3. The molecule has 1 aliphatic carbocycles. The minimum Gasteiger partial charge on any atom is -0.349 e. The lowest BCUT2D eigenvalue weighted by Gasteiger charge is -2.32. The van der Waals surface area contributed by atoms with E-state index in [0.29, 0.717) is 42.7 Å². The number of hydrogen-bond acceptors (Lipinski definition) is 3. The molecule has 1 heterocycles. The summed E-state index contributed by atoms with van der Waals surface area (Å²) in [4.78, 5) is 38.6. The molecule has 0 radical (unpaired) electrons. The normalized spacial score (nSPS) is 16.8. The number of benzene rings is 2. The largest absolute Gasteiger partial charge is 0.349 e. The number of carbonyl (C=O) groups excluding carboxylic acids is 3. The molecule has 2 aromatic rings. The van der Waals surface area contributed by atoms with Crippen LogP contribution in [0.4, 0.5) is 10.1 Å². The number of carbonyl (C=O) groups is 3. The van der Waals surface area contributed by atoms with Gasteiger partial charge in [-0.05, 0) is 74.2 Å². The Morgan fingerprint density at radius 3 is 2.03 bits per heavy atom. The van der Waals surface area contributed by atoms with Crippen molar-refractivity contribution in [1.82, 2.24) is 10.2 Å². The first-order valence-corrected chi connectivity index (χ1v) is 10.3. The lowest BCUT2D eigenvalue weighted by molar-refractivity contribution is -0.117. The number of likely N-dealkylation sites (tertiary alicyclic amines) is 1. The highest BCUT2D eigenvalue weighted by molar-refractivity contribution is 5.97. The molecule has 156 valence electrons. The molecule has 1 saturated heterocycles. The third kappa shape index (κ3) is 4.84. The van der Waals surface area contributed by atoms with E-state index in [4.69, 9.17) is 0 Å². The SMILES string of the molecule is O=C(NC1CCN(C(=O)c2ccc(NC(=O)C3CC3)cc2)CC1)c1ccc(F)cc1. The van der Waals surface area contributed by atoms with Gasteiger partial charge in [0.2, 0.25) is 5.91 Å². The third-order valence-electron chi connectivity index (χ3n) is 5.57. The van der Waals surface area contributed by atoms with E-state index >= 15 is 0 Å². The van der Waals surface area contributed by atoms with Gasteiger partial charge in [-0.3, -0.25) is 14.4 Å². The van der Waals surface area contributed by atoms with Crippen molar-refractivity contribution in [2.75, 3.05) is 18.4 Å². The minimum atomic E-state index is -0.378. The fourth-order valence-corrected chi connectivity index (χ4v) is 3.57. The van der Waals surface area contributed by atoms with Gasteiger partial charge in [0.15, 0.2) is 0 Å². The molecule has 2 aromatic carbocycles. The lowest BCUT2D eigenvalue weighted by Crippen LogP contribution is -2.46. The monoisotopic (exact) mass is 409 g/mol. The Hall–Kier alpha value is -3.22. The molecule has 2 N–H and O–H groups in total. The van der Waals surface area contributed by atoms with Crippen LogP contribution >= 0.6 is 0 Å². The molecule has 3 amide bonds. The van der Waals surface area contributed by atoms with Gasteiger partial charge >= 0.3 is 0 Å². The number of nitrogens with zero attached hydrogens (tertiary/aromatic N) is 1. The van der Waals surface area contributed by atoms with Crippen molar-refractivity contribution in [3.05, 3.63) is 65.5 Å². The summed E-state index contributed by atoms with van der Waals surface area (Å²) >= 11 is 0. The molecular formula is C23H24FN3O3. The van der Waals surface area contributed by atoms with Gasteiger partial charge in [0.1, 0.15) is 5.82 Å². The van der Waals surface area contributed by atoms with E-state index in [1.807, 2.05) is 0 Å². The molecule has 2 fully saturated rings. The van der Waals surface area contributed by atoms with E-state index < -0.39 is 0 Å². The van der Waals surface area contributed by atoms with Gasteiger partial charge in [0.05, 0.1) is 0 Å². The number of piperidine rings is 1. The predicted molar refractivity (Wildman–Crippen MR) is 111 cm³/mol. The van der Waals surface area contributed by atoms with Crippen LogP contribution in [0.2, 0.25) is 0 Å². The van der Waals surface area contributed by atoms with Crippen LogP contribution in [0.1, 0.15) is 46.4 Å². The lowest BCUT2D eigenvalue weighted by atomic mass is 10.0. The molecule has 0 atom stereocenters. The van der Waals surface area contributed by atoms with Crippen molar-refractivity contribution in [2.45, 2.75) is 31.7 Å². The highest BCUT2D eigenvalue weighted by Crippen LogP contribution is 2.30. The average molecular weight is 409 g/mol. The van der Waals surface area contributed by atoms with Crippen molar-refractivity contribution in [3.8, 4) is 0 Å². The van der Waals surface area contributed by atoms with Gasteiger partial charge in [-0.15, -0.1) is 0 Å². The molecule has 6 nitrogen and oxygen atoms in total. The Morgan fingerprint density at radius 1 is 0.833 bits per heavy atom. The highest BCUT2D eigenvalue weighted by atomic mass is 19.1. The summed E-state index contributed by atoms with van der Waals surface area (Å²) in [5.74, 6) is -0.492. The summed E-state index contributed by atoms with van der Waals surface area (Å²) in [5.41, 5.74) is 1.70. The van der Waals surface area contributed by atoms with Gasteiger partial charge in [-0.1, -0.05) is 0 Å². The maximum atomic E-state index is 13.0. The van der Waals surface area contributed by atoms with Crippen LogP contribution in [0.15, 0.2) is 48.5 Å². The van der Waals surface area contributed by atoms with Crippen LogP contribution < -0.4 is 10.6 Å². The number of anilines is 1. The Kier molecular flexibility index (Phi) is 5.79. The zero-order valence-electron chi connectivity index (χ0n) is 16.6. The van der Waals surface area contributed by atoms with Crippen LogP contribution in [0.25, 0.3) is 0 Å². The number of nitrogens with one attached hydrogen (secondary N) is 2. The third-order valence-corrected chi connectivity index (χ3v) is 5.57. The van der Waals surface area contributed by atoms with E-state index in [1.54, 1.807) is 29.2 Å².